The Morgan fingerprint density at radius 1 is 1.33 bits per heavy atom. The highest BCUT2D eigenvalue weighted by Gasteiger charge is 2.23. The number of para-hydroxylation sites is 1. The van der Waals surface area contributed by atoms with Crippen LogP contribution in [0, 0.1) is 0 Å². The first-order valence-electron chi connectivity index (χ1n) is 6.94. The van der Waals surface area contributed by atoms with Crippen molar-refractivity contribution in [3.05, 3.63) is 29.8 Å². The SMILES string of the molecule is CC(N)CC(=O)NCC(C)N1CCc2ccccc21.Cl.Cl. The zero-order valence-corrected chi connectivity index (χ0v) is 14.2. The lowest BCUT2D eigenvalue weighted by atomic mass is 10.1. The van der Waals surface area contributed by atoms with Crippen LogP contribution in [0.25, 0.3) is 0 Å². The van der Waals surface area contributed by atoms with Crippen LogP contribution in [0.4, 0.5) is 5.69 Å². The summed E-state index contributed by atoms with van der Waals surface area (Å²) in [6.07, 6.45) is 1.48. The van der Waals surface area contributed by atoms with E-state index >= 15 is 0 Å². The van der Waals surface area contributed by atoms with Crippen molar-refractivity contribution in [1.29, 1.82) is 0 Å². The van der Waals surface area contributed by atoms with Crippen molar-refractivity contribution in [3.8, 4) is 0 Å². The van der Waals surface area contributed by atoms with E-state index in [1.54, 1.807) is 0 Å². The Kier molecular flexibility index (Phi) is 8.71. The smallest absolute Gasteiger partial charge is 0.221 e. The Morgan fingerprint density at radius 2 is 2.00 bits per heavy atom. The van der Waals surface area contributed by atoms with Gasteiger partial charge in [-0.25, -0.2) is 0 Å². The van der Waals surface area contributed by atoms with E-state index in [0.717, 1.165) is 13.0 Å². The van der Waals surface area contributed by atoms with Gasteiger partial charge in [-0.1, -0.05) is 18.2 Å². The second kappa shape index (κ2) is 9.13. The number of nitrogens with two attached hydrogens (primary N) is 1. The second-order valence-electron chi connectivity index (χ2n) is 5.41. The summed E-state index contributed by atoms with van der Waals surface area (Å²) in [6, 6.07) is 8.71. The summed E-state index contributed by atoms with van der Waals surface area (Å²) in [7, 11) is 0. The van der Waals surface area contributed by atoms with Gasteiger partial charge in [-0.15, -0.1) is 24.8 Å². The molecule has 0 saturated carbocycles. The molecule has 1 aromatic carbocycles. The molecule has 0 aliphatic carbocycles. The molecular weight excluding hydrogens is 309 g/mol. The zero-order valence-electron chi connectivity index (χ0n) is 12.5. The molecule has 2 unspecified atom stereocenters. The molecule has 6 heteroatoms. The maximum Gasteiger partial charge on any atom is 0.221 e. The molecule has 21 heavy (non-hydrogen) atoms. The summed E-state index contributed by atoms with van der Waals surface area (Å²) in [4.78, 5) is 14.0. The van der Waals surface area contributed by atoms with Gasteiger partial charge in [0.15, 0.2) is 0 Å². The molecule has 4 nitrogen and oxygen atoms in total. The number of benzene rings is 1. The van der Waals surface area contributed by atoms with Gasteiger partial charge in [-0.3, -0.25) is 4.79 Å². The topological polar surface area (TPSA) is 58.4 Å². The first-order valence-corrected chi connectivity index (χ1v) is 6.94. The monoisotopic (exact) mass is 333 g/mol. The average molecular weight is 334 g/mol. The Hall–Kier alpha value is -0.970. The van der Waals surface area contributed by atoms with E-state index in [2.05, 4.69) is 41.4 Å². The minimum Gasteiger partial charge on any atom is -0.366 e. The molecule has 0 fully saturated rings. The van der Waals surface area contributed by atoms with Gasteiger partial charge in [0.2, 0.25) is 5.91 Å². The summed E-state index contributed by atoms with van der Waals surface area (Å²) < 4.78 is 0. The van der Waals surface area contributed by atoms with Crippen molar-refractivity contribution < 1.29 is 4.79 Å². The number of nitrogens with one attached hydrogen (secondary N) is 1. The van der Waals surface area contributed by atoms with Crippen molar-refractivity contribution in [2.75, 3.05) is 18.0 Å². The number of nitrogens with zero attached hydrogens (tertiary/aromatic N) is 1. The third kappa shape index (κ3) is 5.38. The Morgan fingerprint density at radius 3 is 2.67 bits per heavy atom. The molecule has 1 aliphatic rings. The summed E-state index contributed by atoms with van der Waals surface area (Å²) in [5, 5.41) is 2.96. The van der Waals surface area contributed by atoms with Crippen LogP contribution in [0.15, 0.2) is 24.3 Å². The fraction of sp³-hybridized carbons (Fsp3) is 0.533. The number of anilines is 1. The van der Waals surface area contributed by atoms with Crippen molar-refractivity contribution in [3.63, 3.8) is 0 Å². The molecule has 1 heterocycles. The number of hydrogen-bond donors (Lipinski definition) is 2. The highest BCUT2D eigenvalue weighted by Crippen LogP contribution is 2.28. The second-order valence-corrected chi connectivity index (χ2v) is 5.41. The van der Waals surface area contributed by atoms with Crippen LogP contribution in [0.5, 0.6) is 0 Å². The van der Waals surface area contributed by atoms with Crippen molar-refractivity contribution in [2.45, 2.75) is 38.8 Å². The van der Waals surface area contributed by atoms with Crippen molar-refractivity contribution >= 4 is 36.4 Å². The van der Waals surface area contributed by atoms with Crippen LogP contribution >= 0.6 is 24.8 Å². The van der Waals surface area contributed by atoms with Gasteiger partial charge in [0.1, 0.15) is 0 Å². The number of carbonyl (C=O) groups is 1. The molecule has 3 N–H and O–H groups in total. The molecule has 2 atom stereocenters. The predicted molar refractivity (Wildman–Crippen MR) is 92.7 cm³/mol. The van der Waals surface area contributed by atoms with Crippen molar-refractivity contribution in [1.82, 2.24) is 5.32 Å². The van der Waals surface area contributed by atoms with Gasteiger partial charge < -0.3 is 16.0 Å². The van der Waals surface area contributed by atoms with Crippen molar-refractivity contribution in [2.24, 2.45) is 5.73 Å². The number of amides is 1. The molecule has 1 aliphatic heterocycles. The van der Waals surface area contributed by atoms with E-state index in [9.17, 15) is 4.79 Å². The van der Waals surface area contributed by atoms with Gasteiger partial charge in [0, 0.05) is 37.3 Å². The summed E-state index contributed by atoms with van der Waals surface area (Å²) in [5.74, 6) is 0.0364. The Labute approximate surface area is 139 Å². The zero-order chi connectivity index (χ0) is 13.8. The van der Waals surface area contributed by atoms with Crippen LogP contribution in [0.1, 0.15) is 25.8 Å². The lowest BCUT2D eigenvalue weighted by molar-refractivity contribution is -0.121. The molecule has 2 rings (SSSR count). The molecule has 1 aromatic rings. The van der Waals surface area contributed by atoms with Crippen LogP contribution in [0.2, 0.25) is 0 Å². The Balaban J connectivity index is 0.00000200. The van der Waals surface area contributed by atoms with Crippen LogP contribution in [-0.4, -0.2) is 31.1 Å². The maximum absolute atomic E-state index is 11.6. The van der Waals surface area contributed by atoms with Gasteiger partial charge in [0.25, 0.3) is 0 Å². The first-order chi connectivity index (χ1) is 9.08. The highest BCUT2D eigenvalue weighted by atomic mass is 35.5. The van der Waals surface area contributed by atoms with E-state index in [-0.39, 0.29) is 36.8 Å². The first kappa shape index (κ1) is 20.0. The van der Waals surface area contributed by atoms with Crippen LogP contribution < -0.4 is 16.0 Å². The number of halogens is 2. The normalized spacial score (nSPS) is 15.3. The molecular formula is C15H25Cl2N3O. The highest BCUT2D eigenvalue weighted by molar-refractivity contribution is 5.85. The summed E-state index contributed by atoms with van der Waals surface area (Å²) >= 11 is 0. The minimum absolute atomic E-state index is 0. The fourth-order valence-electron chi connectivity index (χ4n) is 2.56. The lowest BCUT2D eigenvalue weighted by Gasteiger charge is -2.27. The molecule has 0 aromatic heterocycles. The molecule has 0 saturated heterocycles. The average Bonchev–Trinajstić information content (AvgIpc) is 2.79. The van der Waals surface area contributed by atoms with E-state index in [1.807, 2.05) is 6.92 Å². The lowest BCUT2D eigenvalue weighted by Crippen LogP contribution is -2.42. The standard InChI is InChI=1S/C15H23N3O.2ClH/c1-11(16)9-15(19)17-10-12(2)18-8-7-13-5-3-4-6-14(13)18;;/h3-6,11-12H,7-10,16H2,1-2H3,(H,17,19);2*1H. The molecule has 120 valence electrons. The van der Waals surface area contributed by atoms with Gasteiger partial charge in [-0.05, 0) is 31.9 Å². The summed E-state index contributed by atoms with van der Waals surface area (Å²) in [6.45, 7) is 5.69. The van der Waals surface area contributed by atoms with Crippen LogP contribution in [0.3, 0.4) is 0 Å². The van der Waals surface area contributed by atoms with E-state index in [0.29, 0.717) is 19.0 Å². The number of hydrogen-bond acceptors (Lipinski definition) is 3. The number of fused-ring (bicyclic) bond motifs is 1. The minimum atomic E-state index is -0.0807. The van der Waals surface area contributed by atoms with Gasteiger partial charge in [-0.2, -0.15) is 0 Å². The maximum atomic E-state index is 11.6. The number of rotatable bonds is 5. The van der Waals surface area contributed by atoms with Crippen LogP contribution in [-0.2, 0) is 11.2 Å². The Bertz CT molecular complexity index is 454. The van der Waals surface area contributed by atoms with E-state index < -0.39 is 0 Å². The molecule has 0 spiro atoms. The fourth-order valence-corrected chi connectivity index (χ4v) is 2.56. The predicted octanol–water partition coefficient (Wildman–Crippen LogP) is 2.13. The van der Waals surface area contributed by atoms with Gasteiger partial charge in [0.05, 0.1) is 0 Å². The van der Waals surface area contributed by atoms with E-state index in [1.165, 1.54) is 11.3 Å². The summed E-state index contributed by atoms with van der Waals surface area (Å²) in [5.41, 5.74) is 8.32. The third-order valence-corrected chi connectivity index (χ3v) is 3.56. The largest absolute Gasteiger partial charge is 0.366 e. The molecule has 0 bridgehead atoms. The van der Waals surface area contributed by atoms with Gasteiger partial charge >= 0.3 is 0 Å². The quantitative estimate of drug-likeness (QED) is 0.867. The molecule has 1 amide bonds. The molecule has 0 radical (unpaired) electrons. The third-order valence-electron chi connectivity index (χ3n) is 3.56. The van der Waals surface area contributed by atoms with E-state index in [4.69, 9.17) is 5.73 Å². The number of carbonyl (C=O) groups excluding carboxylic acids is 1.